The number of likely N-dealkylation sites (tertiary alicyclic amines) is 1. The lowest BCUT2D eigenvalue weighted by Gasteiger charge is -2.36. The highest BCUT2D eigenvalue weighted by Crippen LogP contribution is 2.17. The van der Waals surface area contributed by atoms with E-state index in [0.717, 1.165) is 25.9 Å². The van der Waals surface area contributed by atoms with Gasteiger partial charge in [0.2, 0.25) is 5.91 Å². The molecule has 1 atom stereocenters. The summed E-state index contributed by atoms with van der Waals surface area (Å²) in [4.78, 5) is 16.3. The van der Waals surface area contributed by atoms with Gasteiger partial charge < -0.3 is 20.7 Å². The Morgan fingerprint density at radius 2 is 2.06 bits per heavy atom. The summed E-state index contributed by atoms with van der Waals surface area (Å²) in [5.41, 5.74) is 5.56. The number of piperidine rings is 1. The summed E-state index contributed by atoms with van der Waals surface area (Å²) in [5, 5.41) is 11.6. The molecule has 1 saturated heterocycles. The molecule has 0 spiro atoms. The SMILES string of the molecule is CCC(C(=O)N1CCC(N(C)C)CC1)C(N)=NO. The fourth-order valence-corrected chi connectivity index (χ4v) is 2.40. The van der Waals surface area contributed by atoms with Gasteiger partial charge in [-0.1, -0.05) is 12.1 Å². The van der Waals surface area contributed by atoms with E-state index in [2.05, 4.69) is 24.2 Å². The molecular weight excluding hydrogens is 232 g/mol. The molecule has 0 aromatic rings. The Bertz CT molecular complexity index is 309. The highest BCUT2D eigenvalue weighted by atomic mass is 16.4. The van der Waals surface area contributed by atoms with Crippen LogP contribution in [0.1, 0.15) is 26.2 Å². The predicted octanol–water partition coefficient (Wildman–Crippen LogP) is 0.312. The second-order valence-electron chi connectivity index (χ2n) is 5.01. The fourth-order valence-electron chi connectivity index (χ4n) is 2.40. The standard InChI is InChI=1S/C12H24N4O2/c1-4-10(11(13)14-18)12(17)16-7-5-9(6-8-16)15(2)3/h9-10,18H,4-8H2,1-3H3,(H2,13,14). The predicted molar refractivity (Wildman–Crippen MR) is 70.5 cm³/mol. The molecule has 3 N–H and O–H groups in total. The van der Waals surface area contributed by atoms with Crippen LogP contribution in [0, 0.1) is 5.92 Å². The largest absolute Gasteiger partial charge is 0.409 e. The molecule has 0 aromatic heterocycles. The van der Waals surface area contributed by atoms with E-state index in [9.17, 15) is 4.79 Å². The van der Waals surface area contributed by atoms with Crippen molar-refractivity contribution in [3.05, 3.63) is 0 Å². The highest BCUT2D eigenvalue weighted by molar-refractivity contribution is 6.02. The van der Waals surface area contributed by atoms with Crippen LogP contribution in [0.25, 0.3) is 0 Å². The monoisotopic (exact) mass is 256 g/mol. The average molecular weight is 256 g/mol. The number of amides is 1. The van der Waals surface area contributed by atoms with E-state index in [1.165, 1.54) is 0 Å². The lowest BCUT2D eigenvalue weighted by Crippen LogP contribution is -2.48. The fraction of sp³-hybridized carbons (Fsp3) is 0.833. The molecule has 6 nitrogen and oxygen atoms in total. The van der Waals surface area contributed by atoms with E-state index in [1.807, 2.05) is 11.8 Å². The summed E-state index contributed by atoms with van der Waals surface area (Å²) in [5.74, 6) is -0.506. The summed E-state index contributed by atoms with van der Waals surface area (Å²) < 4.78 is 0. The maximum absolute atomic E-state index is 12.2. The number of nitrogens with two attached hydrogens (primary N) is 1. The van der Waals surface area contributed by atoms with Gasteiger partial charge >= 0.3 is 0 Å². The maximum atomic E-state index is 12.2. The maximum Gasteiger partial charge on any atom is 0.233 e. The second-order valence-corrected chi connectivity index (χ2v) is 5.01. The molecule has 104 valence electrons. The van der Waals surface area contributed by atoms with Gasteiger partial charge in [0, 0.05) is 19.1 Å². The van der Waals surface area contributed by atoms with Crippen molar-refractivity contribution in [2.45, 2.75) is 32.2 Å². The van der Waals surface area contributed by atoms with Crippen LogP contribution in [0.3, 0.4) is 0 Å². The number of hydrogen-bond donors (Lipinski definition) is 2. The minimum Gasteiger partial charge on any atom is -0.409 e. The Kier molecular flexibility index (Phi) is 5.40. The van der Waals surface area contributed by atoms with Crippen molar-refractivity contribution in [3.63, 3.8) is 0 Å². The summed E-state index contributed by atoms with van der Waals surface area (Å²) in [6.07, 6.45) is 2.51. The lowest BCUT2D eigenvalue weighted by atomic mass is 9.99. The molecule has 6 heteroatoms. The molecule has 1 rings (SSSR count). The molecule has 1 heterocycles. The molecule has 0 aromatic carbocycles. The van der Waals surface area contributed by atoms with Crippen LogP contribution in [0.15, 0.2) is 5.16 Å². The van der Waals surface area contributed by atoms with Crippen molar-refractivity contribution < 1.29 is 10.0 Å². The van der Waals surface area contributed by atoms with Crippen LogP contribution in [0.2, 0.25) is 0 Å². The van der Waals surface area contributed by atoms with Crippen molar-refractivity contribution in [3.8, 4) is 0 Å². The molecule has 18 heavy (non-hydrogen) atoms. The van der Waals surface area contributed by atoms with Gasteiger partial charge in [-0.05, 0) is 33.4 Å². The van der Waals surface area contributed by atoms with Crippen molar-refractivity contribution in [1.82, 2.24) is 9.80 Å². The smallest absolute Gasteiger partial charge is 0.233 e. The Morgan fingerprint density at radius 1 is 1.50 bits per heavy atom. The van der Waals surface area contributed by atoms with Crippen molar-refractivity contribution in [2.24, 2.45) is 16.8 Å². The zero-order valence-electron chi connectivity index (χ0n) is 11.5. The van der Waals surface area contributed by atoms with Gasteiger partial charge in [0.1, 0.15) is 0 Å². The minimum absolute atomic E-state index is 0.0113. The van der Waals surface area contributed by atoms with E-state index in [0.29, 0.717) is 12.5 Å². The zero-order valence-corrected chi connectivity index (χ0v) is 11.5. The molecule has 1 aliphatic rings. The van der Waals surface area contributed by atoms with Crippen LogP contribution in [0.4, 0.5) is 0 Å². The Hall–Kier alpha value is -1.30. The van der Waals surface area contributed by atoms with E-state index in [-0.39, 0.29) is 11.7 Å². The first-order valence-corrected chi connectivity index (χ1v) is 6.43. The summed E-state index contributed by atoms with van der Waals surface area (Å²) in [6.45, 7) is 3.36. The van der Waals surface area contributed by atoms with Gasteiger partial charge in [-0.25, -0.2) is 0 Å². The van der Waals surface area contributed by atoms with Crippen LogP contribution < -0.4 is 5.73 Å². The Labute approximate surface area is 108 Å². The molecule has 1 unspecified atom stereocenters. The van der Waals surface area contributed by atoms with E-state index < -0.39 is 5.92 Å². The number of hydrogen-bond acceptors (Lipinski definition) is 4. The van der Waals surface area contributed by atoms with E-state index in [4.69, 9.17) is 10.9 Å². The van der Waals surface area contributed by atoms with Crippen molar-refractivity contribution >= 4 is 11.7 Å². The minimum atomic E-state index is -0.495. The van der Waals surface area contributed by atoms with E-state index >= 15 is 0 Å². The number of oxime groups is 1. The highest BCUT2D eigenvalue weighted by Gasteiger charge is 2.30. The average Bonchev–Trinajstić information content (AvgIpc) is 2.39. The van der Waals surface area contributed by atoms with Crippen LogP contribution in [0.5, 0.6) is 0 Å². The summed E-state index contributed by atoms with van der Waals surface area (Å²) in [6, 6.07) is 0.540. The van der Waals surface area contributed by atoms with Crippen LogP contribution in [-0.4, -0.2) is 60.0 Å². The summed E-state index contributed by atoms with van der Waals surface area (Å²) in [7, 11) is 4.13. The third kappa shape index (κ3) is 3.35. The molecule has 1 amide bonds. The van der Waals surface area contributed by atoms with Gasteiger partial charge in [-0.15, -0.1) is 0 Å². The topological polar surface area (TPSA) is 82.2 Å². The Balaban J connectivity index is 2.59. The van der Waals surface area contributed by atoms with Crippen molar-refractivity contribution in [2.75, 3.05) is 27.2 Å². The number of carbonyl (C=O) groups excluding carboxylic acids is 1. The molecular formula is C12H24N4O2. The first-order valence-electron chi connectivity index (χ1n) is 6.43. The zero-order chi connectivity index (χ0) is 13.7. The van der Waals surface area contributed by atoms with Crippen LogP contribution in [-0.2, 0) is 4.79 Å². The van der Waals surface area contributed by atoms with Crippen LogP contribution >= 0.6 is 0 Å². The number of nitrogens with zero attached hydrogens (tertiary/aromatic N) is 3. The molecule has 1 fully saturated rings. The molecule has 0 bridgehead atoms. The quantitative estimate of drug-likeness (QED) is 0.328. The molecule has 0 aliphatic carbocycles. The third-order valence-electron chi connectivity index (χ3n) is 3.69. The summed E-state index contributed by atoms with van der Waals surface area (Å²) >= 11 is 0. The molecule has 1 aliphatic heterocycles. The molecule has 0 radical (unpaired) electrons. The van der Waals surface area contributed by atoms with Gasteiger partial charge in [-0.3, -0.25) is 4.79 Å². The number of carbonyl (C=O) groups is 1. The normalized spacial score (nSPS) is 20.2. The third-order valence-corrected chi connectivity index (χ3v) is 3.69. The van der Waals surface area contributed by atoms with E-state index in [1.54, 1.807) is 0 Å². The second kappa shape index (κ2) is 6.58. The van der Waals surface area contributed by atoms with Gasteiger partial charge in [0.05, 0.1) is 5.92 Å². The molecule has 0 saturated carbocycles. The van der Waals surface area contributed by atoms with Crippen molar-refractivity contribution in [1.29, 1.82) is 0 Å². The number of amidine groups is 1. The first-order chi connectivity index (χ1) is 8.51. The Morgan fingerprint density at radius 3 is 2.44 bits per heavy atom. The van der Waals surface area contributed by atoms with Gasteiger partial charge in [0.25, 0.3) is 0 Å². The number of rotatable bonds is 4. The van der Waals surface area contributed by atoms with Gasteiger partial charge in [-0.2, -0.15) is 0 Å². The lowest BCUT2D eigenvalue weighted by molar-refractivity contribution is -0.135. The first kappa shape index (κ1) is 14.8. The van der Waals surface area contributed by atoms with Gasteiger partial charge in [0.15, 0.2) is 5.84 Å².